The number of anilines is 1. The molecule has 1 aromatic carbocycles. The molecule has 2 aromatic heterocycles. The van der Waals surface area contributed by atoms with Crippen molar-refractivity contribution >= 4 is 26.8 Å². The summed E-state index contributed by atoms with van der Waals surface area (Å²) in [5.41, 5.74) is 5.00. The summed E-state index contributed by atoms with van der Waals surface area (Å²) in [6.07, 6.45) is 1.13. The van der Waals surface area contributed by atoms with E-state index in [-0.39, 0.29) is 0 Å². The third kappa shape index (κ3) is 2.84. The van der Waals surface area contributed by atoms with Gasteiger partial charge in [0.15, 0.2) is 10.8 Å². The highest BCUT2D eigenvalue weighted by atomic mass is 32.1. The molecular weight excluding hydrogens is 306 g/mol. The van der Waals surface area contributed by atoms with E-state index in [1.807, 2.05) is 18.7 Å². The Bertz CT molecular complexity index is 775. The molecule has 0 saturated heterocycles. The maximum atomic E-state index is 4.63. The Hall–Kier alpha value is -1.92. The number of hydrogen-bond donors (Lipinski definition) is 1. The van der Waals surface area contributed by atoms with Crippen molar-refractivity contribution in [2.24, 2.45) is 7.05 Å². The lowest BCUT2D eigenvalue weighted by Crippen LogP contribution is -2.20. The molecule has 0 bridgehead atoms. The second-order valence-electron chi connectivity index (χ2n) is 6.14. The number of thiazole rings is 1. The number of fused-ring (bicyclic) bond motifs is 2. The van der Waals surface area contributed by atoms with E-state index >= 15 is 0 Å². The van der Waals surface area contributed by atoms with Crippen molar-refractivity contribution in [1.29, 1.82) is 0 Å². The van der Waals surface area contributed by atoms with E-state index < -0.39 is 0 Å². The molecule has 0 atom stereocenters. The van der Waals surface area contributed by atoms with Crippen LogP contribution in [0.4, 0.5) is 5.13 Å². The van der Waals surface area contributed by atoms with E-state index in [1.165, 1.54) is 15.8 Å². The fraction of sp³-hybridized carbons (Fsp3) is 0.412. The van der Waals surface area contributed by atoms with E-state index in [1.54, 1.807) is 11.3 Å². The Kier molecular flexibility index (Phi) is 3.79. The molecule has 5 nitrogen and oxygen atoms in total. The highest BCUT2D eigenvalue weighted by Crippen LogP contribution is 2.28. The lowest BCUT2D eigenvalue weighted by molar-refractivity contribution is 0.283. The summed E-state index contributed by atoms with van der Waals surface area (Å²) in [4.78, 5) is 7.14. The molecule has 0 saturated carbocycles. The maximum absolute atomic E-state index is 4.63. The minimum atomic E-state index is 0.957. The average Bonchev–Trinajstić information content (AvgIpc) is 3.20. The summed E-state index contributed by atoms with van der Waals surface area (Å²) >= 11 is 1.70. The Morgan fingerprint density at radius 3 is 2.65 bits per heavy atom. The van der Waals surface area contributed by atoms with Crippen LogP contribution in [0.1, 0.15) is 23.2 Å². The highest BCUT2D eigenvalue weighted by molar-refractivity contribution is 7.22. The van der Waals surface area contributed by atoms with E-state index in [0.717, 1.165) is 49.1 Å². The zero-order valence-electron chi connectivity index (χ0n) is 13.5. The number of nitrogens with one attached hydrogen (secondary N) is 1. The monoisotopic (exact) mass is 327 g/mol. The van der Waals surface area contributed by atoms with Crippen LogP contribution in [0.25, 0.3) is 10.3 Å². The predicted octanol–water partition coefficient (Wildman–Crippen LogP) is 3.16. The van der Waals surface area contributed by atoms with Gasteiger partial charge in [0.25, 0.3) is 0 Å². The van der Waals surface area contributed by atoms with Crippen molar-refractivity contribution in [2.75, 3.05) is 18.4 Å². The van der Waals surface area contributed by atoms with Gasteiger partial charge in [-0.3, -0.25) is 4.90 Å². The molecule has 3 aromatic rings. The average molecular weight is 327 g/mol. The summed E-state index contributed by atoms with van der Waals surface area (Å²) in [6.45, 7) is 6.28. The van der Waals surface area contributed by atoms with Gasteiger partial charge < -0.3 is 5.32 Å². The zero-order chi connectivity index (χ0) is 15.8. The van der Waals surface area contributed by atoms with Crippen LogP contribution in [-0.2, 0) is 20.1 Å². The van der Waals surface area contributed by atoms with Gasteiger partial charge in [0, 0.05) is 33.2 Å². The van der Waals surface area contributed by atoms with Gasteiger partial charge >= 0.3 is 0 Å². The fourth-order valence-corrected chi connectivity index (χ4v) is 4.18. The molecule has 0 spiro atoms. The number of nitrogens with zero attached hydrogens (tertiary/aromatic N) is 4. The highest BCUT2D eigenvalue weighted by Gasteiger charge is 2.17. The van der Waals surface area contributed by atoms with Gasteiger partial charge in [-0.05, 0) is 24.5 Å². The second kappa shape index (κ2) is 5.94. The number of hydrogen-bond acceptors (Lipinski definition) is 5. The molecule has 23 heavy (non-hydrogen) atoms. The van der Waals surface area contributed by atoms with Gasteiger partial charge in [-0.25, -0.2) is 9.67 Å². The first-order valence-corrected chi connectivity index (χ1v) is 8.85. The zero-order valence-corrected chi connectivity index (χ0v) is 14.4. The summed E-state index contributed by atoms with van der Waals surface area (Å²) in [5.74, 6) is 0. The van der Waals surface area contributed by atoms with Crippen LogP contribution >= 0.6 is 11.3 Å². The van der Waals surface area contributed by atoms with Crippen molar-refractivity contribution in [1.82, 2.24) is 19.7 Å². The third-order valence-electron chi connectivity index (χ3n) is 4.38. The molecule has 6 heteroatoms. The fourth-order valence-electron chi connectivity index (χ4n) is 3.22. The Morgan fingerprint density at radius 1 is 1.22 bits per heavy atom. The minimum Gasteiger partial charge on any atom is -0.361 e. The van der Waals surface area contributed by atoms with Crippen LogP contribution < -0.4 is 5.32 Å². The first-order chi connectivity index (χ1) is 11.2. The van der Waals surface area contributed by atoms with Crippen LogP contribution in [0, 0.1) is 6.92 Å². The molecule has 0 radical (unpaired) electrons. The van der Waals surface area contributed by atoms with E-state index in [2.05, 4.69) is 44.6 Å². The molecule has 0 fully saturated rings. The van der Waals surface area contributed by atoms with Crippen LogP contribution in [0.3, 0.4) is 0 Å². The van der Waals surface area contributed by atoms with Gasteiger partial charge in [0.1, 0.15) is 0 Å². The van der Waals surface area contributed by atoms with Crippen LogP contribution in [0.15, 0.2) is 24.3 Å². The predicted molar refractivity (Wildman–Crippen MR) is 94.8 cm³/mol. The Balaban J connectivity index is 1.28. The normalized spacial score (nSPS) is 14.5. The SMILES string of the molecule is Cc1nn(C)c2nc(NCCCN3Cc4ccccc4C3)sc12. The smallest absolute Gasteiger partial charge is 0.185 e. The summed E-state index contributed by atoms with van der Waals surface area (Å²) in [5, 5.41) is 8.85. The molecule has 3 heterocycles. The summed E-state index contributed by atoms with van der Waals surface area (Å²) in [6, 6.07) is 8.75. The molecule has 4 rings (SSSR count). The summed E-state index contributed by atoms with van der Waals surface area (Å²) in [7, 11) is 1.95. The van der Waals surface area contributed by atoms with Gasteiger partial charge in [-0.2, -0.15) is 5.10 Å². The van der Waals surface area contributed by atoms with E-state index in [9.17, 15) is 0 Å². The Labute approximate surface area is 139 Å². The number of aromatic nitrogens is 3. The Morgan fingerprint density at radius 2 is 1.96 bits per heavy atom. The van der Waals surface area contributed by atoms with Crippen molar-refractivity contribution in [2.45, 2.75) is 26.4 Å². The maximum Gasteiger partial charge on any atom is 0.185 e. The molecule has 0 aliphatic carbocycles. The van der Waals surface area contributed by atoms with Gasteiger partial charge in [0.2, 0.25) is 0 Å². The largest absolute Gasteiger partial charge is 0.361 e. The van der Waals surface area contributed by atoms with E-state index in [0.29, 0.717) is 0 Å². The quantitative estimate of drug-likeness (QED) is 0.731. The number of aryl methyl sites for hydroxylation is 2. The first kappa shape index (κ1) is 14.7. The van der Waals surface area contributed by atoms with Crippen LogP contribution in [0.2, 0.25) is 0 Å². The molecule has 0 unspecified atom stereocenters. The van der Waals surface area contributed by atoms with Crippen molar-refractivity contribution in [3.63, 3.8) is 0 Å². The molecule has 1 aliphatic rings. The summed E-state index contributed by atoms with van der Waals surface area (Å²) < 4.78 is 3.04. The van der Waals surface area contributed by atoms with Gasteiger partial charge in [0.05, 0.1) is 10.4 Å². The standard InChI is InChI=1S/C17H21N5S/c1-12-15-16(21(2)20-12)19-17(23-15)18-8-5-9-22-10-13-6-3-4-7-14(13)11-22/h3-4,6-7H,5,8-11H2,1-2H3,(H,18,19). The molecule has 0 amide bonds. The van der Waals surface area contributed by atoms with Crippen LogP contribution in [-0.4, -0.2) is 32.8 Å². The minimum absolute atomic E-state index is 0.957. The molecule has 1 aliphatic heterocycles. The van der Waals surface area contributed by atoms with Crippen molar-refractivity contribution < 1.29 is 0 Å². The van der Waals surface area contributed by atoms with Gasteiger partial charge in [-0.15, -0.1) is 0 Å². The first-order valence-electron chi connectivity index (χ1n) is 8.04. The van der Waals surface area contributed by atoms with Crippen molar-refractivity contribution in [3.8, 4) is 0 Å². The molecular formula is C17H21N5S. The second-order valence-corrected chi connectivity index (χ2v) is 7.14. The third-order valence-corrected chi connectivity index (χ3v) is 5.49. The number of rotatable bonds is 5. The van der Waals surface area contributed by atoms with Gasteiger partial charge in [-0.1, -0.05) is 35.6 Å². The number of benzene rings is 1. The topological polar surface area (TPSA) is 46.0 Å². The molecule has 1 N–H and O–H groups in total. The lowest BCUT2D eigenvalue weighted by atomic mass is 10.1. The van der Waals surface area contributed by atoms with E-state index in [4.69, 9.17) is 0 Å². The van der Waals surface area contributed by atoms with Crippen molar-refractivity contribution in [3.05, 3.63) is 41.1 Å². The molecule has 120 valence electrons. The van der Waals surface area contributed by atoms with Crippen LogP contribution in [0.5, 0.6) is 0 Å². The lowest BCUT2D eigenvalue weighted by Gasteiger charge is -2.14.